The van der Waals surface area contributed by atoms with Crippen molar-refractivity contribution in [3.63, 3.8) is 0 Å². The minimum absolute atomic E-state index is 0.0739. The van der Waals surface area contributed by atoms with Gasteiger partial charge in [0.2, 0.25) is 0 Å². The van der Waals surface area contributed by atoms with Gasteiger partial charge >= 0.3 is 5.97 Å². The molecule has 0 saturated heterocycles. The summed E-state index contributed by atoms with van der Waals surface area (Å²) in [6.07, 6.45) is 0.513. The number of carbonyl (C=O) groups excluding carboxylic acids is 3. The molecule has 0 aromatic heterocycles. The maximum Gasteiger partial charge on any atom is 0.379 e. The monoisotopic (exact) mass is 282 g/mol. The molecule has 108 valence electrons. The number of rotatable bonds is 9. The molecule has 0 aliphatic rings. The fraction of sp³-hybridized carbons (Fsp3) is 0.308. The van der Waals surface area contributed by atoms with Gasteiger partial charge in [-0.3, -0.25) is 4.79 Å². The molecule has 0 radical (unpaired) electrons. The third kappa shape index (κ3) is 5.17. The van der Waals surface area contributed by atoms with Crippen LogP contribution in [0.1, 0.15) is 10.4 Å². The number of carbonyl (C=O) groups is 3. The van der Waals surface area contributed by atoms with E-state index >= 15 is 0 Å². The van der Waals surface area contributed by atoms with Crippen LogP contribution in [0.5, 0.6) is 5.75 Å². The van der Waals surface area contributed by atoms with Gasteiger partial charge in [0.15, 0.2) is 0 Å². The molecule has 7 heteroatoms. The van der Waals surface area contributed by atoms with E-state index in [1.807, 2.05) is 0 Å². The summed E-state index contributed by atoms with van der Waals surface area (Å²) in [7, 11) is 1.50. The SMILES string of the molecule is COc1ccc(C(=O)C(=O)OCCOOCC=O)cc1. The first-order chi connectivity index (χ1) is 9.69. The maximum atomic E-state index is 11.7. The first-order valence-corrected chi connectivity index (χ1v) is 5.72. The minimum atomic E-state index is -0.992. The molecular formula is C13H14O7. The van der Waals surface area contributed by atoms with Crippen molar-refractivity contribution in [1.82, 2.24) is 0 Å². The molecule has 0 fully saturated rings. The summed E-state index contributed by atoms with van der Waals surface area (Å²) in [6, 6.07) is 6.06. The molecule has 1 aromatic rings. The van der Waals surface area contributed by atoms with Crippen molar-refractivity contribution in [2.75, 3.05) is 26.9 Å². The number of methoxy groups -OCH3 is 1. The van der Waals surface area contributed by atoms with Crippen LogP contribution in [0.15, 0.2) is 24.3 Å². The summed E-state index contributed by atoms with van der Waals surface area (Å²) in [5.41, 5.74) is 0.203. The molecule has 0 aliphatic carbocycles. The number of hydrogen-bond acceptors (Lipinski definition) is 7. The zero-order chi connectivity index (χ0) is 14.8. The Morgan fingerprint density at radius 3 is 2.40 bits per heavy atom. The Hall–Kier alpha value is -2.25. The second-order valence-corrected chi connectivity index (χ2v) is 3.47. The van der Waals surface area contributed by atoms with Gasteiger partial charge in [0.05, 0.1) is 7.11 Å². The van der Waals surface area contributed by atoms with Crippen molar-refractivity contribution in [1.29, 1.82) is 0 Å². The highest BCUT2D eigenvalue weighted by atomic mass is 17.2. The van der Waals surface area contributed by atoms with E-state index in [9.17, 15) is 14.4 Å². The summed E-state index contributed by atoms with van der Waals surface area (Å²) >= 11 is 0. The van der Waals surface area contributed by atoms with E-state index in [-0.39, 0.29) is 25.4 Å². The molecule has 1 aromatic carbocycles. The molecule has 0 aliphatic heterocycles. The average molecular weight is 282 g/mol. The first kappa shape index (κ1) is 15.8. The van der Waals surface area contributed by atoms with Crippen LogP contribution in [0.2, 0.25) is 0 Å². The quantitative estimate of drug-likeness (QED) is 0.124. The summed E-state index contributed by atoms with van der Waals surface area (Å²) in [5.74, 6) is -1.17. The maximum absolute atomic E-state index is 11.7. The zero-order valence-electron chi connectivity index (χ0n) is 10.9. The number of Topliss-reactive ketones (excluding diaryl/α,β-unsaturated/α-hetero) is 1. The lowest BCUT2D eigenvalue weighted by Gasteiger charge is -2.05. The van der Waals surface area contributed by atoms with E-state index in [0.717, 1.165) is 0 Å². The average Bonchev–Trinajstić information content (AvgIpc) is 2.50. The van der Waals surface area contributed by atoms with Crippen LogP contribution >= 0.6 is 0 Å². The lowest BCUT2D eigenvalue weighted by Crippen LogP contribution is -2.20. The Bertz CT molecular complexity index is 452. The van der Waals surface area contributed by atoms with Gasteiger partial charge in [0.1, 0.15) is 31.9 Å². The number of ether oxygens (including phenoxy) is 2. The molecule has 0 amide bonds. The van der Waals surface area contributed by atoms with Gasteiger partial charge in [-0.05, 0) is 24.3 Å². The summed E-state index contributed by atoms with van der Waals surface area (Å²) in [5, 5.41) is 0. The second-order valence-electron chi connectivity index (χ2n) is 3.47. The van der Waals surface area contributed by atoms with Crippen LogP contribution in [0.4, 0.5) is 0 Å². The number of esters is 1. The van der Waals surface area contributed by atoms with Crippen molar-refractivity contribution in [2.45, 2.75) is 0 Å². The van der Waals surface area contributed by atoms with Gasteiger partial charge in [0.25, 0.3) is 5.78 Å². The highest BCUT2D eigenvalue weighted by molar-refractivity contribution is 6.40. The molecule has 0 spiro atoms. The van der Waals surface area contributed by atoms with E-state index in [1.165, 1.54) is 19.2 Å². The predicted octanol–water partition coefficient (Wildman–Crippen LogP) is 0.568. The lowest BCUT2D eigenvalue weighted by molar-refractivity contribution is -0.290. The number of ketones is 1. The van der Waals surface area contributed by atoms with Crippen LogP contribution < -0.4 is 4.74 Å². The van der Waals surface area contributed by atoms with Crippen molar-refractivity contribution < 1.29 is 33.6 Å². The molecule has 0 N–H and O–H groups in total. The summed E-state index contributed by atoms with van der Waals surface area (Å²) in [4.78, 5) is 41.9. The van der Waals surface area contributed by atoms with E-state index in [2.05, 4.69) is 14.5 Å². The summed E-state index contributed by atoms with van der Waals surface area (Å²) < 4.78 is 9.62. The van der Waals surface area contributed by atoms with Crippen LogP contribution in [-0.4, -0.2) is 45.0 Å². The molecule has 0 saturated carbocycles. The molecule has 7 nitrogen and oxygen atoms in total. The number of hydrogen-bond donors (Lipinski definition) is 0. The highest BCUT2D eigenvalue weighted by Crippen LogP contribution is 2.12. The van der Waals surface area contributed by atoms with Crippen molar-refractivity contribution in [2.24, 2.45) is 0 Å². The molecular weight excluding hydrogens is 268 g/mol. The van der Waals surface area contributed by atoms with Crippen LogP contribution in [0.3, 0.4) is 0 Å². The Labute approximate surface area is 115 Å². The van der Waals surface area contributed by atoms with Crippen LogP contribution in [0, 0.1) is 0 Å². The van der Waals surface area contributed by atoms with Gasteiger partial charge in [-0.1, -0.05) is 0 Å². The van der Waals surface area contributed by atoms with Gasteiger partial charge in [-0.2, -0.15) is 0 Å². The van der Waals surface area contributed by atoms with Gasteiger partial charge in [-0.25, -0.2) is 14.6 Å². The van der Waals surface area contributed by atoms with E-state index in [1.54, 1.807) is 12.1 Å². The van der Waals surface area contributed by atoms with E-state index in [4.69, 9.17) is 4.74 Å². The minimum Gasteiger partial charge on any atom is -0.497 e. The fourth-order valence-electron chi connectivity index (χ4n) is 1.23. The number of benzene rings is 1. The second kappa shape index (κ2) is 8.78. The molecule has 0 atom stereocenters. The standard InChI is InChI=1S/C13H14O7/c1-17-11-4-2-10(3-5-11)12(15)13(16)18-8-9-20-19-7-6-14/h2-6H,7-9H2,1H3. The van der Waals surface area contributed by atoms with Crippen molar-refractivity contribution in [3.05, 3.63) is 29.8 Å². The van der Waals surface area contributed by atoms with Gasteiger partial charge in [0, 0.05) is 5.56 Å². The third-order valence-corrected chi connectivity index (χ3v) is 2.16. The highest BCUT2D eigenvalue weighted by Gasteiger charge is 2.17. The van der Waals surface area contributed by atoms with Crippen molar-refractivity contribution >= 4 is 18.0 Å². The molecule has 0 unspecified atom stereocenters. The zero-order valence-corrected chi connectivity index (χ0v) is 10.9. The molecule has 0 heterocycles. The summed E-state index contributed by atoms with van der Waals surface area (Å²) in [6.45, 7) is -0.437. The normalized spacial score (nSPS) is 9.85. The molecule has 20 heavy (non-hydrogen) atoms. The number of aldehydes is 1. The van der Waals surface area contributed by atoms with E-state index in [0.29, 0.717) is 12.0 Å². The smallest absolute Gasteiger partial charge is 0.379 e. The van der Waals surface area contributed by atoms with Gasteiger partial charge < -0.3 is 14.3 Å². The topological polar surface area (TPSA) is 88.1 Å². The van der Waals surface area contributed by atoms with Crippen molar-refractivity contribution in [3.8, 4) is 5.75 Å². The fourth-order valence-corrected chi connectivity index (χ4v) is 1.23. The third-order valence-electron chi connectivity index (χ3n) is 2.16. The van der Waals surface area contributed by atoms with Gasteiger partial charge in [-0.15, -0.1) is 0 Å². The van der Waals surface area contributed by atoms with Crippen LogP contribution in [-0.2, 0) is 24.1 Å². The molecule has 0 bridgehead atoms. The molecule has 1 rings (SSSR count). The Morgan fingerprint density at radius 2 is 1.80 bits per heavy atom. The largest absolute Gasteiger partial charge is 0.497 e. The van der Waals surface area contributed by atoms with E-state index < -0.39 is 11.8 Å². The predicted molar refractivity (Wildman–Crippen MR) is 66.3 cm³/mol. The van der Waals surface area contributed by atoms with Crippen LogP contribution in [0.25, 0.3) is 0 Å². The Morgan fingerprint density at radius 1 is 1.10 bits per heavy atom. The lowest BCUT2D eigenvalue weighted by atomic mass is 10.1. The first-order valence-electron chi connectivity index (χ1n) is 5.72. The Kier molecular flexibility index (Phi) is 6.94. The Balaban J connectivity index is 2.34.